The van der Waals surface area contributed by atoms with Gasteiger partial charge >= 0.3 is 0 Å². The van der Waals surface area contributed by atoms with Gasteiger partial charge in [-0.15, -0.1) is 10.2 Å². The third-order valence-corrected chi connectivity index (χ3v) is 13.7. The highest BCUT2D eigenvalue weighted by Crippen LogP contribution is 2.41. The van der Waals surface area contributed by atoms with Crippen LogP contribution in [0.1, 0.15) is 26.2 Å². The van der Waals surface area contributed by atoms with Crippen molar-refractivity contribution in [2.45, 2.75) is 42.0 Å². The van der Waals surface area contributed by atoms with Crippen molar-refractivity contribution in [2.24, 2.45) is 20.5 Å². The Balaban J connectivity index is 1.56. The Labute approximate surface area is 419 Å². The minimum Gasteiger partial charge on any atom is -0.491 e. The lowest BCUT2D eigenvalue weighted by Gasteiger charge is -2.18. The molecular formula is C37H38Cl4N10O15S4. The highest BCUT2D eigenvalue weighted by atomic mass is 35.5. The molecule has 378 valence electrons. The normalized spacial score (nSPS) is 12.9. The molecule has 5 aromatic rings. The molecule has 70 heavy (non-hydrogen) atoms. The first-order valence-corrected chi connectivity index (χ1v) is 27.2. The zero-order chi connectivity index (χ0) is 51.6. The summed E-state index contributed by atoms with van der Waals surface area (Å²) in [4.78, 5) is 12.0. The van der Waals surface area contributed by atoms with E-state index in [1.807, 2.05) is 0 Å². The van der Waals surface area contributed by atoms with Crippen LogP contribution in [0.25, 0.3) is 0 Å². The molecule has 1 aromatic heterocycles. The van der Waals surface area contributed by atoms with Crippen LogP contribution in [-0.4, -0.2) is 109 Å². The first-order chi connectivity index (χ1) is 32.7. The number of azo groups is 2. The van der Waals surface area contributed by atoms with Gasteiger partial charge in [-0.3, -0.25) is 18.2 Å². The molecule has 1 heterocycles. The maximum atomic E-state index is 11.8. The molecule has 33 heteroatoms. The summed E-state index contributed by atoms with van der Waals surface area (Å²) in [6, 6.07) is 11.4. The van der Waals surface area contributed by atoms with Crippen molar-refractivity contribution in [3.8, 4) is 11.5 Å². The number of hydrogen-bond donors (Lipinski definition) is 8. The maximum absolute atomic E-state index is 11.8. The minimum absolute atomic E-state index is 0.0401. The fraction of sp³-hybridized carbons (Fsp3) is 0.270. The van der Waals surface area contributed by atoms with Gasteiger partial charge in [-0.1, -0.05) is 53.3 Å². The van der Waals surface area contributed by atoms with Crippen LogP contribution in [0, 0.1) is 0 Å². The van der Waals surface area contributed by atoms with Crippen molar-refractivity contribution >= 4 is 139 Å². The number of rotatable bonds is 24. The second-order valence-electron chi connectivity index (χ2n) is 14.1. The Kier molecular flexibility index (Phi) is 19.0. The number of benzene rings is 4. The van der Waals surface area contributed by atoms with E-state index in [-0.39, 0.29) is 116 Å². The molecule has 1 atom stereocenters. The van der Waals surface area contributed by atoms with E-state index in [9.17, 15) is 57.0 Å². The Morgan fingerprint density at radius 2 is 0.971 bits per heavy atom. The first kappa shape index (κ1) is 55.8. The number of nitrogens with one attached hydrogen (secondary N) is 3. The van der Waals surface area contributed by atoms with Gasteiger partial charge in [0.25, 0.3) is 40.5 Å². The molecule has 1 unspecified atom stereocenters. The summed E-state index contributed by atoms with van der Waals surface area (Å²) in [7, 11) is -18.2. The standard InChI is InChI=1S/C37H38Cl4N10O15S4/c1-2-20(19-52)42-35-45-36(43-29-15-25(40)27(17-31(29)65-9-3-11-67(53,54)55)50-48-21-5-7-23(38)33(13-21)69(59,60)61)47-37(46-35)44-30-16-26(41)28(18-32(30)66-10-4-12-68(56,57)58)51-49-22-6-8-24(39)34(14-22)70(62,63)64/h5-8,13-18,20,52H,2-4,9-12,19H2,1H3,(H,53,54,55)(H,56,57,58)(H,59,60,61)(H,62,63,64)(H3,42,43,44,45,46,47). The third-order valence-electron chi connectivity index (χ3n) is 8.81. The van der Waals surface area contributed by atoms with Gasteiger partial charge in [0.15, 0.2) is 0 Å². The molecule has 0 aliphatic rings. The summed E-state index contributed by atoms with van der Waals surface area (Å²) in [6.45, 7) is 0.838. The van der Waals surface area contributed by atoms with E-state index in [0.717, 1.165) is 24.3 Å². The summed E-state index contributed by atoms with van der Waals surface area (Å²) >= 11 is 25.1. The van der Waals surface area contributed by atoms with E-state index in [1.54, 1.807) is 6.92 Å². The predicted octanol–water partition coefficient (Wildman–Crippen LogP) is 8.79. The van der Waals surface area contributed by atoms with E-state index in [0.29, 0.717) is 6.42 Å². The van der Waals surface area contributed by atoms with Crippen molar-refractivity contribution in [1.29, 1.82) is 0 Å². The molecule has 5 rings (SSSR count). The molecule has 0 amide bonds. The van der Waals surface area contributed by atoms with Crippen LogP contribution in [0.5, 0.6) is 11.5 Å². The van der Waals surface area contributed by atoms with Crippen molar-refractivity contribution in [1.82, 2.24) is 15.0 Å². The number of aliphatic hydroxyl groups excluding tert-OH is 1. The molecule has 8 N–H and O–H groups in total. The fourth-order valence-corrected chi connectivity index (χ4v) is 8.86. The van der Waals surface area contributed by atoms with Crippen LogP contribution in [0.15, 0.2) is 90.9 Å². The molecular weight excluding hydrogens is 1090 g/mol. The molecule has 0 radical (unpaired) electrons. The summed E-state index contributed by atoms with van der Waals surface area (Å²) < 4.78 is 142. The number of halogens is 4. The maximum Gasteiger partial charge on any atom is 0.296 e. The minimum atomic E-state index is -4.73. The molecule has 0 saturated heterocycles. The lowest BCUT2D eigenvalue weighted by molar-refractivity contribution is 0.271. The van der Waals surface area contributed by atoms with Gasteiger partial charge in [-0.25, -0.2) is 0 Å². The van der Waals surface area contributed by atoms with Gasteiger partial charge in [-0.05, 0) is 67.8 Å². The van der Waals surface area contributed by atoms with Gasteiger partial charge in [-0.2, -0.15) is 58.9 Å². The van der Waals surface area contributed by atoms with E-state index < -0.39 is 67.8 Å². The fourth-order valence-electron chi connectivity index (χ4n) is 5.50. The summed E-state index contributed by atoms with van der Waals surface area (Å²) in [5, 5.41) is 34.2. The second-order valence-corrected chi connectivity index (χ2v) is 21.7. The number of aliphatic hydroxyl groups is 1. The van der Waals surface area contributed by atoms with E-state index in [4.69, 9.17) is 55.9 Å². The molecule has 25 nitrogen and oxygen atoms in total. The van der Waals surface area contributed by atoms with Crippen LogP contribution < -0.4 is 25.4 Å². The molecule has 0 fully saturated rings. The predicted molar refractivity (Wildman–Crippen MR) is 258 cm³/mol. The van der Waals surface area contributed by atoms with Gasteiger partial charge in [0.05, 0.1) is 80.2 Å². The number of ether oxygens (including phenoxy) is 2. The topological polar surface area (TPSA) is 380 Å². The van der Waals surface area contributed by atoms with Gasteiger partial charge in [0, 0.05) is 12.1 Å². The molecule has 0 saturated carbocycles. The van der Waals surface area contributed by atoms with E-state index >= 15 is 0 Å². The monoisotopic (exact) mass is 1130 g/mol. The van der Waals surface area contributed by atoms with Crippen LogP contribution in [0.3, 0.4) is 0 Å². The van der Waals surface area contributed by atoms with Crippen LogP contribution in [0.2, 0.25) is 20.1 Å². The average molecular weight is 1130 g/mol. The molecule has 0 bridgehead atoms. The summed E-state index contributed by atoms with van der Waals surface area (Å²) in [6.07, 6.45) is 0.0230. The van der Waals surface area contributed by atoms with Gasteiger partial charge in [0.1, 0.15) is 32.7 Å². The smallest absolute Gasteiger partial charge is 0.296 e. The molecule has 4 aromatic carbocycles. The van der Waals surface area contributed by atoms with Crippen LogP contribution in [-0.2, 0) is 40.5 Å². The molecule has 0 spiro atoms. The van der Waals surface area contributed by atoms with Crippen LogP contribution in [0.4, 0.5) is 52.0 Å². The largest absolute Gasteiger partial charge is 0.491 e. The average Bonchev–Trinajstić information content (AvgIpc) is 3.25. The highest BCUT2D eigenvalue weighted by Gasteiger charge is 2.20. The lowest BCUT2D eigenvalue weighted by atomic mass is 10.2. The SMILES string of the molecule is CCC(CO)Nc1nc(Nc2cc(Cl)c(N=Nc3ccc(Cl)c(S(=O)(=O)O)c3)cc2OCCCS(=O)(=O)O)nc(Nc2cc(Cl)c(N=Nc3ccc(Cl)c(S(=O)(=O)O)c3)cc2OCCCS(=O)(=O)O)n1. The Morgan fingerprint density at radius 1 is 0.571 bits per heavy atom. The number of anilines is 5. The molecule has 0 aliphatic heterocycles. The number of aromatic nitrogens is 3. The number of hydrogen-bond acceptors (Lipinski definition) is 21. The molecule has 0 aliphatic carbocycles. The quantitative estimate of drug-likeness (QED) is 0.0162. The zero-order valence-electron chi connectivity index (χ0n) is 35.6. The van der Waals surface area contributed by atoms with Crippen LogP contribution >= 0.6 is 46.4 Å². The third kappa shape index (κ3) is 17.0. The Bertz CT molecular complexity index is 3060. The van der Waals surface area contributed by atoms with Crippen molar-refractivity contribution < 1.29 is 66.5 Å². The number of nitrogens with zero attached hydrogens (tertiary/aromatic N) is 7. The van der Waals surface area contributed by atoms with Crippen molar-refractivity contribution in [3.05, 3.63) is 80.8 Å². The summed E-state index contributed by atoms with van der Waals surface area (Å²) in [5.41, 5.74) is -0.169. The Morgan fingerprint density at radius 3 is 1.33 bits per heavy atom. The van der Waals surface area contributed by atoms with E-state index in [2.05, 4.69) is 51.4 Å². The highest BCUT2D eigenvalue weighted by molar-refractivity contribution is 7.86. The van der Waals surface area contributed by atoms with Crippen molar-refractivity contribution in [2.75, 3.05) is 47.3 Å². The van der Waals surface area contributed by atoms with Gasteiger partial charge in [0.2, 0.25) is 17.8 Å². The van der Waals surface area contributed by atoms with Crippen molar-refractivity contribution in [3.63, 3.8) is 0 Å². The lowest BCUT2D eigenvalue weighted by Crippen LogP contribution is -2.24. The second kappa shape index (κ2) is 23.8. The van der Waals surface area contributed by atoms with Gasteiger partial charge < -0.3 is 30.5 Å². The first-order valence-electron chi connectivity index (χ1n) is 19.6. The zero-order valence-corrected chi connectivity index (χ0v) is 41.9. The van der Waals surface area contributed by atoms with E-state index in [1.165, 1.54) is 36.4 Å². The Hall–Kier alpha value is -5.15. The summed E-state index contributed by atoms with van der Waals surface area (Å²) in [5.74, 6) is -1.99.